The molecule has 0 amide bonds. The van der Waals surface area contributed by atoms with E-state index in [1.807, 2.05) is 0 Å². The van der Waals surface area contributed by atoms with E-state index in [4.69, 9.17) is 4.74 Å². The lowest BCUT2D eigenvalue weighted by Crippen LogP contribution is -2.05. The Labute approximate surface area is 69.2 Å². The lowest BCUT2D eigenvalue weighted by Gasteiger charge is -1.98. The van der Waals surface area contributed by atoms with Crippen LogP contribution in [0.1, 0.15) is 0 Å². The highest BCUT2D eigenvalue weighted by atomic mass is 32.2. The fourth-order valence-corrected chi connectivity index (χ4v) is 1.10. The molecule has 0 aromatic heterocycles. The van der Waals surface area contributed by atoms with E-state index in [2.05, 4.69) is 4.84 Å². The van der Waals surface area contributed by atoms with Crippen LogP contribution in [0, 0.1) is 10.1 Å². The van der Waals surface area contributed by atoms with E-state index in [9.17, 15) is 10.1 Å². The molecule has 0 saturated carbocycles. The second kappa shape index (κ2) is 7.62. The lowest BCUT2D eigenvalue weighted by atomic mass is 10.9. The van der Waals surface area contributed by atoms with Crippen LogP contribution in [0.3, 0.4) is 0 Å². The van der Waals surface area contributed by atoms with Crippen LogP contribution in [-0.4, -0.2) is 36.9 Å². The Morgan fingerprint density at radius 1 is 1.45 bits per heavy atom. The standard InChI is InChI=1S/C5H11NO4S/c1-9-2-4-11-5-3-10-6(7)8/h2-5H2,1H3. The van der Waals surface area contributed by atoms with Gasteiger partial charge in [0, 0.05) is 18.6 Å². The summed E-state index contributed by atoms with van der Waals surface area (Å²) >= 11 is 1.57. The van der Waals surface area contributed by atoms with Gasteiger partial charge in [0.2, 0.25) is 0 Å². The van der Waals surface area contributed by atoms with Gasteiger partial charge in [0.25, 0.3) is 5.09 Å². The summed E-state index contributed by atoms with van der Waals surface area (Å²) in [7, 11) is 1.62. The highest BCUT2D eigenvalue weighted by molar-refractivity contribution is 7.99. The van der Waals surface area contributed by atoms with E-state index in [1.165, 1.54) is 0 Å². The van der Waals surface area contributed by atoms with Gasteiger partial charge in [-0.15, -0.1) is 10.1 Å². The van der Waals surface area contributed by atoms with Gasteiger partial charge in [-0.3, -0.25) is 0 Å². The summed E-state index contributed by atoms with van der Waals surface area (Å²) < 4.78 is 4.77. The number of methoxy groups -OCH3 is 1. The van der Waals surface area contributed by atoms with Crippen LogP contribution >= 0.6 is 11.8 Å². The minimum atomic E-state index is -0.781. The predicted molar refractivity (Wildman–Crippen MR) is 42.1 cm³/mol. The van der Waals surface area contributed by atoms with Crippen LogP contribution in [0.2, 0.25) is 0 Å². The number of hydrogen-bond acceptors (Lipinski definition) is 5. The minimum absolute atomic E-state index is 0.154. The molecule has 0 heterocycles. The van der Waals surface area contributed by atoms with E-state index in [-0.39, 0.29) is 6.61 Å². The molecule has 11 heavy (non-hydrogen) atoms. The molecule has 0 saturated heterocycles. The van der Waals surface area contributed by atoms with Crippen molar-refractivity contribution in [2.75, 3.05) is 31.8 Å². The van der Waals surface area contributed by atoms with Crippen molar-refractivity contribution in [1.82, 2.24) is 0 Å². The van der Waals surface area contributed by atoms with Gasteiger partial charge < -0.3 is 9.57 Å². The van der Waals surface area contributed by atoms with Crippen molar-refractivity contribution in [2.24, 2.45) is 0 Å². The Morgan fingerprint density at radius 2 is 2.09 bits per heavy atom. The van der Waals surface area contributed by atoms with Crippen LogP contribution in [-0.2, 0) is 9.57 Å². The van der Waals surface area contributed by atoms with Crippen molar-refractivity contribution in [2.45, 2.75) is 0 Å². The van der Waals surface area contributed by atoms with Crippen molar-refractivity contribution in [3.05, 3.63) is 10.1 Å². The summed E-state index contributed by atoms with van der Waals surface area (Å²) in [6, 6.07) is 0. The first-order valence-corrected chi connectivity index (χ1v) is 4.27. The number of hydrogen-bond donors (Lipinski definition) is 0. The zero-order chi connectivity index (χ0) is 8.53. The molecule has 0 atom stereocenters. The van der Waals surface area contributed by atoms with Crippen molar-refractivity contribution in [3.63, 3.8) is 0 Å². The van der Waals surface area contributed by atoms with E-state index >= 15 is 0 Å². The van der Waals surface area contributed by atoms with E-state index in [0.717, 1.165) is 5.75 Å². The second-order valence-corrected chi connectivity index (χ2v) is 2.89. The molecule has 0 unspecified atom stereocenters. The number of rotatable bonds is 7. The summed E-state index contributed by atoms with van der Waals surface area (Å²) in [5.41, 5.74) is 0. The maximum Gasteiger partial charge on any atom is 0.294 e. The number of ether oxygens (including phenoxy) is 1. The molecule has 0 aliphatic heterocycles. The van der Waals surface area contributed by atoms with Crippen LogP contribution in [0.15, 0.2) is 0 Å². The Kier molecular flexibility index (Phi) is 7.28. The smallest absolute Gasteiger partial charge is 0.294 e. The van der Waals surface area contributed by atoms with Crippen molar-refractivity contribution >= 4 is 11.8 Å². The first-order chi connectivity index (χ1) is 5.27. The molecule has 0 N–H and O–H groups in total. The van der Waals surface area contributed by atoms with Crippen LogP contribution < -0.4 is 0 Å². The average Bonchev–Trinajstić information content (AvgIpc) is 1.96. The van der Waals surface area contributed by atoms with Gasteiger partial charge in [-0.2, -0.15) is 11.8 Å². The van der Waals surface area contributed by atoms with Crippen LogP contribution in [0.5, 0.6) is 0 Å². The quantitative estimate of drug-likeness (QED) is 0.326. The van der Waals surface area contributed by atoms with E-state index < -0.39 is 5.09 Å². The van der Waals surface area contributed by atoms with Gasteiger partial charge in [-0.25, -0.2) is 0 Å². The predicted octanol–water partition coefficient (Wildman–Crippen LogP) is 0.574. The zero-order valence-corrected chi connectivity index (χ0v) is 7.13. The van der Waals surface area contributed by atoms with Crippen LogP contribution in [0.25, 0.3) is 0 Å². The lowest BCUT2D eigenvalue weighted by molar-refractivity contribution is -0.756. The molecular formula is C5H11NO4S. The zero-order valence-electron chi connectivity index (χ0n) is 6.32. The molecule has 0 aromatic carbocycles. The molecule has 66 valence electrons. The first-order valence-electron chi connectivity index (χ1n) is 3.11. The first kappa shape index (κ1) is 10.5. The molecule has 0 aromatic rings. The fourth-order valence-electron chi connectivity index (χ4n) is 0.415. The van der Waals surface area contributed by atoms with Gasteiger partial charge in [-0.05, 0) is 0 Å². The molecule has 0 aliphatic rings. The third-order valence-electron chi connectivity index (χ3n) is 0.856. The molecular weight excluding hydrogens is 170 g/mol. The van der Waals surface area contributed by atoms with Gasteiger partial charge in [0.05, 0.1) is 6.61 Å². The maximum absolute atomic E-state index is 9.64. The maximum atomic E-state index is 9.64. The van der Waals surface area contributed by atoms with Crippen molar-refractivity contribution in [1.29, 1.82) is 0 Å². The molecule has 0 rings (SSSR count). The van der Waals surface area contributed by atoms with Crippen LogP contribution in [0.4, 0.5) is 0 Å². The Bertz CT molecular complexity index is 111. The Hall–Kier alpha value is -0.490. The highest BCUT2D eigenvalue weighted by Gasteiger charge is 1.93. The SMILES string of the molecule is COCCSCCO[N+](=O)[O-]. The Balaban J connectivity index is 2.85. The summed E-state index contributed by atoms with van der Waals surface area (Å²) in [6.07, 6.45) is 0. The fraction of sp³-hybridized carbons (Fsp3) is 1.00. The largest absolute Gasteiger partial charge is 0.384 e. The second-order valence-electron chi connectivity index (χ2n) is 1.66. The topological polar surface area (TPSA) is 61.6 Å². The normalized spacial score (nSPS) is 9.55. The highest BCUT2D eigenvalue weighted by Crippen LogP contribution is 1.98. The van der Waals surface area contributed by atoms with Gasteiger partial charge in [0.15, 0.2) is 0 Å². The van der Waals surface area contributed by atoms with Gasteiger partial charge in [0.1, 0.15) is 6.61 Å². The van der Waals surface area contributed by atoms with E-state index in [1.54, 1.807) is 18.9 Å². The number of nitrogens with zero attached hydrogens (tertiary/aromatic N) is 1. The van der Waals surface area contributed by atoms with Gasteiger partial charge in [-0.1, -0.05) is 0 Å². The summed E-state index contributed by atoms with van der Waals surface area (Å²) in [5.74, 6) is 1.47. The monoisotopic (exact) mass is 181 g/mol. The molecule has 0 fully saturated rings. The number of thioether (sulfide) groups is 1. The molecule has 0 bridgehead atoms. The molecule has 5 nitrogen and oxygen atoms in total. The summed E-state index contributed by atoms with van der Waals surface area (Å²) in [5, 5.41) is 8.86. The third-order valence-corrected chi connectivity index (χ3v) is 1.77. The summed E-state index contributed by atoms with van der Waals surface area (Å²) in [6.45, 7) is 0.824. The summed E-state index contributed by atoms with van der Waals surface area (Å²) in [4.78, 5) is 13.7. The average molecular weight is 181 g/mol. The molecule has 0 aliphatic carbocycles. The van der Waals surface area contributed by atoms with Gasteiger partial charge >= 0.3 is 0 Å². The molecule has 0 spiro atoms. The van der Waals surface area contributed by atoms with Crippen molar-refractivity contribution in [3.8, 4) is 0 Å². The third kappa shape index (κ3) is 9.51. The van der Waals surface area contributed by atoms with Crippen molar-refractivity contribution < 1.29 is 14.7 Å². The minimum Gasteiger partial charge on any atom is -0.384 e. The Morgan fingerprint density at radius 3 is 2.64 bits per heavy atom. The molecule has 6 heteroatoms. The molecule has 0 radical (unpaired) electrons. The van der Waals surface area contributed by atoms with E-state index in [0.29, 0.717) is 12.4 Å².